The summed E-state index contributed by atoms with van der Waals surface area (Å²) >= 11 is 0. The largest absolute Gasteiger partial charge is 0.348 e. The summed E-state index contributed by atoms with van der Waals surface area (Å²) in [4.78, 5) is 31.2. The first kappa shape index (κ1) is 20.4. The van der Waals surface area contributed by atoms with Crippen molar-refractivity contribution >= 4 is 17.5 Å². The van der Waals surface area contributed by atoms with Crippen LogP contribution in [0.3, 0.4) is 0 Å². The Labute approximate surface area is 172 Å². The molecule has 1 saturated carbocycles. The first-order valence-electron chi connectivity index (χ1n) is 9.87. The number of rotatable bonds is 3. The quantitative estimate of drug-likeness (QED) is 0.825. The van der Waals surface area contributed by atoms with Crippen molar-refractivity contribution in [2.24, 2.45) is 5.41 Å². The Morgan fingerprint density at radius 3 is 2.70 bits per heavy atom. The van der Waals surface area contributed by atoms with Gasteiger partial charge in [0.1, 0.15) is 11.5 Å². The number of benzene rings is 1. The highest BCUT2D eigenvalue weighted by Crippen LogP contribution is 2.51. The molecule has 4 rings (SSSR count). The summed E-state index contributed by atoms with van der Waals surface area (Å²) < 4.78 is 42.9. The number of nitrogens with one attached hydrogen (secondary N) is 1. The number of pyridine rings is 1. The monoisotopic (exact) mass is 417 g/mol. The third-order valence-corrected chi connectivity index (χ3v) is 5.87. The van der Waals surface area contributed by atoms with E-state index in [-0.39, 0.29) is 25.1 Å². The van der Waals surface area contributed by atoms with Crippen molar-refractivity contribution in [1.29, 1.82) is 0 Å². The molecule has 1 spiro atoms. The minimum atomic E-state index is -3.09. The van der Waals surface area contributed by atoms with E-state index in [0.717, 1.165) is 0 Å². The van der Waals surface area contributed by atoms with Gasteiger partial charge in [-0.25, -0.2) is 18.2 Å². The summed E-state index contributed by atoms with van der Waals surface area (Å²) in [5.41, 5.74) is -0.135. The minimum absolute atomic E-state index is 0.116. The smallest absolute Gasteiger partial charge is 0.270 e. The Hall–Kier alpha value is -2.90. The van der Waals surface area contributed by atoms with Crippen molar-refractivity contribution in [3.63, 3.8) is 0 Å². The van der Waals surface area contributed by atoms with Gasteiger partial charge in [-0.1, -0.05) is 12.1 Å². The molecule has 2 atom stereocenters. The molecule has 1 aromatic heterocycles. The number of carbonyl (C=O) groups excluding carboxylic acids is 2. The van der Waals surface area contributed by atoms with Crippen LogP contribution in [0.2, 0.25) is 0 Å². The molecule has 8 heteroatoms. The molecule has 5 nitrogen and oxygen atoms in total. The number of hydrogen-bond donors (Lipinski definition) is 1. The highest BCUT2D eigenvalue weighted by atomic mass is 19.3. The van der Waals surface area contributed by atoms with Crippen LogP contribution in [0.4, 0.5) is 18.9 Å². The van der Waals surface area contributed by atoms with Gasteiger partial charge < -0.3 is 10.2 Å². The maximum absolute atomic E-state index is 14.6. The second kappa shape index (κ2) is 7.41. The molecule has 0 bridgehead atoms. The van der Waals surface area contributed by atoms with Crippen molar-refractivity contribution in [1.82, 2.24) is 10.3 Å². The van der Waals surface area contributed by atoms with Crippen LogP contribution in [-0.4, -0.2) is 35.3 Å². The van der Waals surface area contributed by atoms with E-state index in [4.69, 9.17) is 0 Å². The van der Waals surface area contributed by atoms with Gasteiger partial charge in [0.25, 0.3) is 11.8 Å². The predicted octanol–water partition coefficient (Wildman–Crippen LogP) is 3.87. The molecule has 30 heavy (non-hydrogen) atoms. The Kier molecular flexibility index (Phi) is 5.03. The summed E-state index contributed by atoms with van der Waals surface area (Å²) in [6.07, 6.45) is -0.753. The maximum Gasteiger partial charge on any atom is 0.270 e. The normalized spacial score (nSPS) is 25.5. The molecule has 2 aliphatic rings. The van der Waals surface area contributed by atoms with Crippen molar-refractivity contribution in [3.05, 3.63) is 59.7 Å². The van der Waals surface area contributed by atoms with Gasteiger partial charge in [0.2, 0.25) is 5.91 Å². The van der Waals surface area contributed by atoms with Gasteiger partial charge in [-0.05, 0) is 50.1 Å². The highest BCUT2D eigenvalue weighted by molar-refractivity contribution is 6.00. The zero-order chi connectivity index (χ0) is 21.5. The van der Waals surface area contributed by atoms with Gasteiger partial charge in [-0.3, -0.25) is 9.59 Å². The lowest BCUT2D eigenvalue weighted by molar-refractivity contribution is -0.140. The van der Waals surface area contributed by atoms with E-state index < -0.39 is 47.9 Å². The molecule has 158 valence electrons. The molecule has 2 aromatic rings. The number of carbonyl (C=O) groups is 2. The standard InChI is InChI=1S/C22H22F3N3O2/c1-14-4-2-7-18(26-14)19(29)27-16-11-21(13-22(24,25)12-16)8-9-28(20(21)30)17-6-3-5-15(23)10-17/h2-7,10,16H,8-9,11-13H2,1H3,(H,27,29)/t16-,21+/m0/s1. The number of anilines is 1. The summed E-state index contributed by atoms with van der Waals surface area (Å²) in [5, 5.41) is 2.64. The summed E-state index contributed by atoms with van der Waals surface area (Å²) in [6.45, 7) is 1.97. The first-order valence-corrected chi connectivity index (χ1v) is 9.87. The average Bonchev–Trinajstić information content (AvgIpc) is 2.95. The van der Waals surface area contributed by atoms with Gasteiger partial charge in [0, 0.05) is 36.8 Å². The van der Waals surface area contributed by atoms with Crippen LogP contribution in [0.5, 0.6) is 0 Å². The zero-order valence-electron chi connectivity index (χ0n) is 16.5. The fourth-order valence-corrected chi connectivity index (χ4v) is 4.64. The van der Waals surface area contributed by atoms with E-state index in [2.05, 4.69) is 10.3 Å². The molecule has 0 radical (unpaired) electrons. The second-order valence-electron chi connectivity index (χ2n) is 8.24. The van der Waals surface area contributed by atoms with E-state index in [1.165, 1.54) is 29.2 Å². The van der Waals surface area contributed by atoms with Gasteiger partial charge in [-0.2, -0.15) is 0 Å². The third-order valence-electron chi connectivity index (χ3n) is 5.87. The molecule has 1 aliphatic carbocycles. The molecule has 0 unspecified atom stereocenters. The summed E-state index contributed by atoms with van der Waals surface area (Å²) in [6, 6.07) is 9.62. The summed E-state index contributed by atoms with van der Waals surface area (Å²) in [7, 11) is 0. The molecular weight excluding hydrogens is 395 g/mol. The Balaban J connectivity index is 1.55. The van der Waals surface area contributed by atoms with Gasteiger partial charge in [0.15, 0.2) is 0 Å². The fraction of sp³-hybridized carbons (Fsp3) is 0.409. The van der Waals surface area contributed by atoms with Crippen molar-refractivity contribution < 1.29 is 22.8 Å². The number of alkyl halides is 2. The molecule has 2 amide bonds. The molecule has 1 aliphatic heterocycles. The lowest BCUT2D eigenvalue weighted by atomic mass is 9.69. The molecule has 1 N–H and O–H groups in total. The van der Waals surface area contributed by atoms with Crippen LogP contribution in [-0.2, 0) is 4.79 Å². The maximum atomic E-state index is 14.6. The predicted molar refractivity (Wildman–Crippen MR) is 105 cm³/mol. The highest BCUT2D eigenvalue weighted by Gasteiger charge is 2.57. The fourth-order valence-electron chi connectivity index (χ4n) is 4.64. The van der Waals surface area contributed by atoms with Gasteiger partial charge in [-0.15, -0.1) is 0 Å². The molecule has 1 saturated heterocycles. The SMILES string of the molecule is Cc1cccc(C(=O)N[C@@H]2CC(F)(F)C[C@@]3(CCN(c4cccc(F)c4)C3=O)C2)n1. The van der Waals surface area contributed by atoms with Crippen LogP contribution in [0.15, 0.2) is 42.5 Å². The van der Waals surface area contributed by atoms with E-state index >= 15 is 0 Å². The number of hydrogen-bond acceptors (Lipinski definition) is 3. The van der Waals surface area contributed by atoms with E-state index in [1.807, 2.05) is 0 Å². The van der Waals surface area contributed by atoms with Crippen molar-refractivity contribution in [2.75, 3.05) is 11.4 Å². The molecule has 2 heterocycles. The number of aromatic nitrogens is 1. The molecule has 2 fully saturated rings. The Morgan fingerprint density at radius 2 is 1.97 bits per heavy atom. The Morgan fingerprint density at radius 1 is 1.20 bits per heavy atom. The first-order chi connectivity index (χ1) is 14.2. The second-order valence-corrected chi connectivity index (χ2v) is 8.24. The lowest BCUT2D eigenvalue weighted by Gasteiger charge is -2.41. The van der Waals surface area contributed by atoms with Crippen LogP contribution < -0.4 is 10.2 Å². The van der Waals surface area contributed by atoms with Crippen LogP contribution in [0, 0.1) is 18.2 Å². The number of halogens is 3. The van der Waals surface area contributed by atoms with E-state index in [0.29, 0.717) is 11.4 Å². The summed E-state index contributed by atoms with van der Waals surface area (Å²) in [5.74, 6) is -4.57. The van der Waals surface area contributed by atoms with Crippen LogP contribution in [0.25, 0.3) is 0 Å². The molecule has 1 aromatic carbocycles. The van der Waals surface area contributed by atoms with E-state index in [1.54, 1.807) is 25.1 Å². The van der Waals surface area contributed by atoms with Crippen LogP contribution >= 0.6 is 0 Å². The number of nitrogens with zero attached hydrogens (tertiary/aromatic N) is 2. The van der Waals surface area contributed by atoms with Crippen molar-refractivity contribution in [2.45, 2.75) is 44.6 Å². The third kappa shape index (κ3) is 3.91. The van der Waals surface area contributed by atoms with Gasteiger partial charge >= 0.3 is 0 Å². The minimum Gasteiger partial charge on any atom is -0.348 e. The Bertz CT molecular complexity index is 997. The zero-order valence-corrected chi connectivity index (χ0v) is 16.5. The van der Waals surface area contributed by atoms with Crippen LogP contribution in [0.1, 0.15) is 41.9 Å². The topological polar surface area (TPSA) is 62.3 Å². The average molecular weight is 417 g/mol. The number of amides is 2. The van der Waals surface area contributed by atoms with E-state index in [9.17, 15) is 22.8 Å². The van der Waals surface area contributed by atoms with Crippen molar-refractivity contribution in [3.8, 4) is 0 Å². The number of aryl methyl sites for hydroxylation is 1. The molecular formula is C22H22F3N3O2. The lowest BCUT2D eigenvalue weighted by Crippen LogP contribution is -2.52. The van der Waals surface area contributed by atoms with Gasteiger partial charge in [0.05, 0.1) is 5.41 Å².